The van der Waals surface area contributed by atoms with Gasteiger partial charge in [-0.1, -0.05) is 53.5 Å². The zero-order chi connectivity index (χ0) is 18.4. The number of amides is 3. The topological polar surface area (TPSA) is 84.5 Å². The molecule has 8 heteroatoms. The lowest BCUT2D eigenvalue weighted by molar-refractivity contribution is -0.129. The highest BCUT2D eigenvalue weighted by atomic mass is 35.5. The normalized spacial score (nSPS) is 11.3. The van der Waals surface area contributed by atoms with Crippen LogP contribution in [0.25, 0.3) is 0 Å². The molecule has 6 nitrogen and oxygen atoms in total. The Balaban J connectivity index is 2.28. The molecule has 0 saturated heterocycles. The first-order chi connectivity index (χ1) is 11.9. The van der Waals surface area contributed by atoms with E-state index in [2.05, 4.69) is 10.6 Å². The van der Waals surface area contributed by atoms with Gasteiger partial charge in [-0.25, -0.2) is 9.59 Å². The molecule has 2 aromatic carbocycles. The minimum atomic E-state index is -1.32. The highest BCUT2D eigenvalue weighted by Gasteiger charge is 2.27. The van der Waals surface area contributed by atoms with Crippen LogP contribution in [-0.4, -0.2) is 25.0 Å². The molecule has 1 atom stereocenters. The quantitative estimate of drug-likeness (QED) is 0.796. The number of rotatable bonds is 4. The van der Waals surface area contributed by atoms with Crippen molar-refractivity contribution in [2.75, 3.05) is 7.05 Å². The average Bonchev–Trinajstić information content (AvgIpc) is 2.59. The first-order valence-corrected chi connectivity index (χ1v) is 7.91. The summed E-state index contributed by atoms with van der Waals surface area (Å²) in [5.41, 5.74) is 0.497. The molecular formula is C17H14Cl2N2O4. The molecule has 3 amide bonds. The van der Waals surface area contributed by atoms with Crippen LogP contribution in [0.3, 0.4) is 0 Å². The Morgan fingerprint density at radius 1 is 1.00 bits per heavy atom. The van der Waals surface area contributed by atoms with E-state index in [4.69, 9.17) is 27.9 Å². The number of urea groups is 1. The summed E-state index contributed by atoms with van der Waals surface area (Å²) < 4.78 is 5.29. The third kappa shape index (κ3) is 5.20. The molecule has 25 heavy (non-hydrogen) atoms. The molecule has 2 aromatic rings. The Morgan fingerprint density at radius 2 is 1.60 bits per heavy atom. The molecule has 0 aliphatic rings. The number of carbonyl (C=O) groups is 3. The first-order valence-electron chi connectivity index (χ1n) is 7.15. The van der Waals surface area contributed by atoms with E-state index >= 15 is 0 Å². The summed E-state index contributed by atoms with van der Waals surface area (Å²) in [6.07, 6.45) is -1.32. The molecule has 2 N–H and O–H groups in total. The molecule has 0 saturated carbocycles. The van der Waals surface area contributed by atoms with Crippen LogP contribution in [0.2, 0.25) is 10.0 Å². The van der Waals surface area contributed by atoms with E-state index in [1.807, 2.05) is 0 Å². The summed E-state index contributed by atoms with van der Waals surface area (Å²) in [5, 5.41) is 4.86. The van der Waals surface area contributed by atoms with Crippen molar-refractivity contribution in [3.63, 3.8) is 0 Å². The van der Waals surface area contributed by atoms with Crippen molar-refractivity contribution in [1.29, 1.82) is 0 Å². The van der Waals surface area contributed by atoms with Gasteiger partial charge in [0.05, 0.1) is 5.56 Å². The number of nitrogens with one attached hydrogen (secondary N) is 2. The first kappa shape index (κ1) is 18.8. The largest absolute Gasteiger partial charge is 0.444 e. The number of ether oxygens (including phenoxy) is 1. The molecule has 0 unspecified atom stereocenters. The van der Waals surface area contributed by atoms with Crippen LogP contribution in [-0.2, 0) is 9.53 Å². The molecule has 0 radical (unpaired) electrons. The lowest BCUT2D eigenvalue weighted by atomic mass is 10.1. The summed E-state index contributed by atoms with van der Waals surface area (Å²) in [6, 6.07) is 11.8. The van der Waals surface area contributed by atoms with Gasteiger partial charge in [0, 0.05) is 22.7 Å². The number of benzene rings is 2. The van der Waals surface area contributed by atoms with Crippen molar-refractivity contribution in [2.24, 2.45) is 0 Å². The molecule has 0 spiro atoms. The van der Waals surface area contributed by atoms with Gasteiger partial charge < -0.3 is 10.1 Å². The van der Waals surface area contributed by atoms with Crippen molar-refractivity contribution >= 4 is 41.1 Å². The molecule has 0 heterocycles. The lowest BCUT2D eigenvalue weighted by Gasteiger charge is -2.17. The van der Waals surface area contributed by atoms with Gasteiger partial charge in [0.1, 0.15) is 0 Å². The summed E-state index contributed by atoms with van der Waals surface area (Å²) in [5.74, 6) is -1.59. The van der Waals surface area contributed by atoms with Crippen LogP contribution in [0.4, 0.5) is 4.79 Å². The fourth-order valence-corrected chi connectivity index (χ4v) is 2.51. The van der Waals surface area contributed by atoms with Crippen LogP contribution >= 0.6 is 23.2 Å². The van der Waals surface area contributed by atoms with Crippen LogP contribution in [0, 0.1) is 0 Å². The van der Waals surface area contributed by atoms with Gasteiger partial charge >= 0.3 is 12.0 Å². The molecule has 130 valence electrons. The number of halogens is 2. The van der Waals surface area contributed by atoms with Crippen molar-refractivity contribution in [3.8, 4) is 0 Å². The van der Waals surface area contributed by atoms with Crippen LogP contribution in [0.15, 0.2) is 48.5 Å². The third-order valence-corrected chi connectivity index (χ3v) is 3.56. The maximum atomic E-state index is 12.4. The van der Waals surface area contributed by atoms with Crippen molar-refractivity contribution in [3.05, 3.63) is 69.7 Å². The Labute approximate surface area is 154 Å². The third-order valence-electron chi connectivity index (χ3n) is 3.13. The highest BCUT2D eigenvalue weighted by molar-refractivity contribution is 6.35. The van der Waals surface area contributed by atoms with Gasteiger partial charge in [-0.2, -0.15) is 0 Å². The molecule has 0 aromatic heterocycles. The van der Waals surface area contributed by atoms with E-state index in [9.17, 15) is 14.4 Å². The van der Waals surface area contributed by atoms with Gasteiger partial charge in [-0.3, -0.25) is 10.1 Å². The maximum absolute atomic E-state index is 12.4. The van der Waals surface area contributed by atoms with Crippen LogP contribution < -0.4 is 10.6 Å². The number of carbonyl (C=O) groups excluding carboxylic acids is 3. The Bertz CT molecular complexity index is 776. The standard InChI is InChI=1S/C17H14Cl2N2O4/c1-20-17(24)21-15(22)14(10-5-3-2-4-6-10)25-16(23)11-7-12(18)9-13(19)8-11/h2-9,14H,1H3,(H2,20,21,22,24)/t14-/m1/s1. The van der Waals surface area contributed by atoms with Crippen LogP contribution in [0.5, 0.6) is 0 Å². The monoisotopic (exact) mass is 380 g/mol. The van der Waals surface area contributed by atoms with Crippen LogP contribution in [0.1, 0.15) is 22.0 Å². The Kier molecular flexibility index (Phi) is 6.38. The minimum Gasteiger partial charge on any atom is -0.444 e. The van der Waals surface area contributed by atoms with Crippen molar-refractivity contribution < 1.29 is 19.1 Å². The summed E-state index contributed by atoms with van der Waals surface area (Å²) >= 11 is 11.7. The molecule has 0 aliphatic heterocycles. The number of hydrogen-bond donors (Lipinski definition) is 2. The van der Waals surface area contributed by atoms with Crippen molar-refractivity contribution in [2.45, 2.75) is 6.10 Å². The van der Waals surface area contributed by atoms with Crippen molar-refractivity contribution in [1.82, 2.24) is 10.6 Å². The van der Waals surface area contributed by atoms with Gasteiger partial charge in [0.15, 0.2) is 0 Å². The second-order valence-corrected chi connectivity index (χ2v) is 5.80. The SMILES string of the molecule is CNC(=O)NC(=O)[C@H](OC(=O)c1cc(Cl)cc(Cl)c1)c1ccccc1. The predicted octanol–water partition coefficient (Wildman–Crippen LogP) is 3.35. The predicted molar refractivity (Wildman–Crippen MR) is 93.7 cm³/mol. The lowest BCUT2D eigenvalue weighted by Crippen LogP contribution is -2.41. The number of esters is 1. The van der Waals surface area contributed by atoms with Gasteiger partial charge in [-0.05, 0) is 18.2 Å². The molecular weight excluding hydrogens is 367 g/mol. The highest BCUT2D eigenvalue weighted by Crippen LogP contribution is 2.23. The van der Waals surface area contributed by atoms with E-state index in [1.165, 1.54) is 25.2 Å². The smallest absolute Gasteiger partial charge is 0.339 e. The van der Waals surface area contributed by atoms with E-state index < -0.39 is 24.0 Å². The van der Waals surface area contributed by atoms with E-state index in [0.717, 1.165) is 0 Å². The second kappa shape index (κ2) is 8.50. The minimum absolute atomic E-state index is 0.0891. The van der Waals surface area contributed by atoms with E-state index in [-0.39, 0.29) is 15.6 Å². The number of hydrogen-bond acceptors (Lipinski definition) is 4. The van der Waals surface area contributed by atoms with E-state index in [1.54, 1.807) is 30.3 Å². The Hall–Kier alpha value is -2.57. The molecule has 2 rings (SSSR count). The van der Waals surface area contributed by atoms with Gasteiger partial charge in [-0.15, -0.1) is 0 Å². The fourth-order valence-electron chi connectivity index (χ4n) is 1.99. The fraction of sp³-hybridized carbons (Fsp3) is 0.118. The Morgan fingerprint density at radius 3 is 2.16 bits per heavy atom. The molecule has 0 bridgehead atoms. The van der Waals surface area contributed by atoms with E-state index in [0.29, 0.717) is 5.56 Å². The van der Waals surface area contributed by atoms with Gasteiger partial charge in [0.2, 0.25) is 6.10 Å². The second-order valence-electron chi connectivity index (χ2n) is 4.92. The zero-order valence-electron chi connectivity index (χ0n) is 13.1. The maximum Gasteiger partial charge on any atom is 0.339 e. The molecule has 0 fully saturated rings. The van der Waals surface area contributed by atoms with Gasteiger partial charge in [0.25, 0.3) is 5.91 Å². The summed E-state index contributed by atoms with van der Waals surface area (Å²) in [4.78, 5) is 36.1. The summed E-state index contributed by atoms with van der Waals surface area (Å²) in [7, 11) is 1.36. The zero-order valence-corrected chi connectivity index (χ0v) is 14.6. The summed E-state index contributed by atoms with van der Waals surface area (Å²) in [6.45, 7) is 0. The molecule has 0 aliphatic carbocycles. The number of imide groups is 1. The average molecular weight is 381 g/mol.